The summed E-state index contributed by atoms with van der Waals surface area (Å²) in [6, 6.07) is -0.463. The van der Waals surface area contributed by atoms with Gasteiger partial charge in [0.05, 0.1) is 6.04 Å². The van der Waals surface area contributed by atoms with Gasteiger partial charge in [-0.25, -0.2) is 4.79 Å². The Labute approximate surface area is 149 Å². The fourth-order valence-electron chi connectivity index (χ4n) is 4.40. The van der Waals surface area contributed by atoms with Gasteiger partial charge in [-0.1, -0.05) is 13.8 Å². The average molecular weight is 350 g/mol. The Kier molecular flexibility index (Phi) is 5.32. The van der Waals surface area contributed by atoms with Gasteiger partial charge in [0, 0.05) is 32.6 Å². The molecule has 1 N–H and O–H groups in total. The van der Waals surface area contributed by atoms with Crippen LogP contribution in [0.15, 0.2) is 0 Å². The molecule has 0 unspecified atom stereocenters. The molecule has 3 saturated heterocycles. The van der Waals surface area contributed by atoms with E-state index in [1.165, 1.54) is 4.90 Å². The predicted molar refractivity (Wildman–Crippen MR) is 94.0 cm³/mol. The molecule has 0 aromatic heterocycles. The molecule has 25 heavy (non-hydrogen) atoms. The standard InChI is InChI=1S/C18H30N4O3/c1-3-9-20-11-7-18(8-12-20)16(24)22(17(25)19-18)14-6-5-10-21(13-14)15(23)4-2/h14H,3-13H2,1-2H3,(H,19,25)/t14-/m0/s1. The third-order valence-corrected chi connectivity index (χ3v) is 5.86. The summed E-state index contributed by atoms with van der Waals surface area (Å²) in [5.74, 6) is 0.0174. The normalized spacial score (nSPS) is 27.0. The number of imide groups is 1. The molecule has 7 heteroatoms. The molecule has 1 spiro atoms. The van der Waals surface area contributed by atoms with Gasteiger partial charge < -0.3 is 15.1 Å². The van der Waals surface area contributed by atoms with Crippen LogP contribution in [0.2, 0.25) is 0 Å². The molecular weight excluding hydrogens is 320 g/mol. The second-order valence-corrected chi connectivity index (χ2v) is 7.52. The van der Waals surface area contributed by atoms with Crippen LogP contribution in [0, 0.1) is 0 Å². The minimum atomic E-state index is -0.724. The Balaban J connectivity index is 1.68. The van der Waals surface area contributed by atoms with Crippen LogP contribution in [-0.4, -0.2) is 76.8 Å². The highest BCUT2D eigenvalue weighted by Crippen LogP contribution is 2.32. The van der Waals surface area contributed by atoms with Crippen molar-refractivity contribution < 1.29 is 14.4 Å². The van der Waals surface area contributed by atoms with E-state index in [2.05, 4.69) is 17.1 Å². The lowest BCUT2D eigenvalue weighted by Crippen LogP contribution is -2.56. The van der Waals surface area contributed by atoms with Gasteiger partial charge in [0.15, 0.2) is 0 Å². The SMILES string of the molecule is CCCN1CCC2(CC1)NC(=O)N([C@H]1CCCN(C(=O)CC)C1)C2=O. The van der Waals surface area contributed by atoms with Gasteiger partial charge in [-0.3, -0.25) is 14.5 Å². The summed E-state index contributed by atoms with van der Waals surface area (Å²) >= 11 is 0. The van der Waals surface area contributed by atoms with Gasteiger partial charge in [0.25, 0.3) is 5.91 Å². The molecule has 7 nitrogen and oxygen atoms in total. The first-order valence-corrected chi connectivity index (χ1v) is 9.66. The number of urea groups is 1. The number of nitrogens with one attached hydrogen (secondary N) is 1. The summed E-state index contributed by atoms with van der Waals surface area (Å²) in [4.78, 5) is 43.3. The summed E-state index contributed by atoms with van der Waals surface area (Å²) in [6.45, 7) is 7.93. The third-order valence-electron chi connectivity index (χ3n) is 5.86. The highest BCUT2D eigenvalue weighted by atomic mass is 16.2. The van der Waals surface area contributed by atoms with Gasteiger partial charge in [-0.2, -0.15) is 0 Å². The first-order chi connectivity index (χ1) is 12.0. The van der Waals surface area contributed by atoms with E-state index in [-0.39, 0.29) is 23.9 Å². The molecule has 0 radical (unpaired) electrons. The molecule has 3 rings (SSSR count). The van der Waals surface area contributed by atoms with Gasteiger partial charge in [-0.15, -0.1) is 0 Å². The van der Waals surface area contributed by atoms with Gasteiger partial charge in [0.1, 0.15) is 5.54 Å². The monoisotopic (exact) mass is 350 g/mol. The van der Waals surface area contributed by atoms with Crippen molar-refractivity contribution in [1.29, 1.82) is 0 Å². The highest BCUT2D eigenvalue weighted by Gasteiger charge is 2.54. The molecule has 3 aliphatic rings. The molecule has 3 aliphatic heterocycles. The molecule has 0 aliphatic carbocycles. The van der Waals surface area contributed by atoms with Gasteiger partial charge in [0.2, 0.25) is 5.91 Å². The predicted octanol–water partition coefficient (Wildman–Crippen LogP) is 1.18. The fraction of sp³-hybridized carbons (Fsp3) is 0.833. The minimum Gasteiger partial charge on any atom is -0.341 e. The maximum atomic E-state index is 13.1. The van der Waals surface area contributed by atoms with Crippen LogP contribution < -0.4 is 5.32 Å². The molecule has 0 aromatic carbocycles. The molecule has 0 saturated carbocycles. The van der Waals surface area contributed by atoms with E-state index in [0.717, 1.165) is 45.4 Å². The lowest BCUT2D eigenvalue weighted by molar-refractivity contribution is -0.139. The van der Waals surface area contributed by atoms with E-state index in [4.69, 9.17) is 0 Å². The molecule has 140 valence electrons. The first-order valence-electron chi connectivity index (χ1n) is 9.66. The number of likely N-dealkylation sites (tertiary alicyclic amines) is 2. The van der Waals surface area contributed by atoms with Crippen molar-refractivity contribution in [1.82, 2.24) is 20.0 Å². The Morgan fingerprint density at radius 3 is 2.56 bits per heavy atom. The molecule has 0 bridgehead atoms. The lowest BCUT2D eigenvalue weighted by Gasteiger charge is -2.39. The molecule has 0 aromatic rings. The number of carbonyl (C=O) groups excluding carboxylic acids is 3. The maximum Gasteiger partial charge on any atom is 0.325 e. The zero-order chi connectivity index (χ0) is 18.0. The molecule has 4 amide bonds. The summed E-state index contributed by atoms with van der Waals surface area (Å²) < 4.78 is 0. The minimum absolute atomic E-state index is 0.0792. The van der Waals surface area contributed by atoms with Crippen molar-refractivity contribution in [3.05, 3.63) is 0 Å². The summed E-state index contributed by atoms with van der Waals surface area (Å²) in [6.07, 6.45) is 4.54. The van der Waals surface area contributed by atoms with E-state index < -0.39 is 5.54 Å². The second kappa shape index (κ2) is 7.32. The summed E-state index contributed by atoms with van der Waals surface area (Å²) in [7, 11) is 0. The molecule has 3 fully saturated rings. The number of carbonyl (C=O) groups is 3. The van der Waals surface area contributed by atoms with Crippen molar-refractivity contribution in [3.8, 4) is 0 Å². The average Bonchev–Trinajstić information content (AvgIpc) is 2.86. The largest absolute Gasteiger partial charge is 0.341 e. The number of rotatable bonds is 4. The smallest absolute Gasteiger partial charge is 0.325 e. The van der Waals surface area contributed by atoms with Gasteiger partial charge in [-0.05, 0) is 38.6 Å². The topological polar surface area (TPSA) is 73.0 Å². The van der Waals surface area contributed by atoms with E-state index in [1.54, 1.807) is 4.90 Å². The maximum absolute atomic E-state index is 13.1. The third kappa shape index (κ3) is 3.38. The Morgan fingerprint density at radius 2 is 1.92 bits per heavy atom. The fourth-order valence-corrected chi connectivity index (χ4v) is 4.40. The zero-order valence-electron chi connectivity index (χ0n) is 15.4. The van der Waals surface area contributed by atoms with Crippen LogP contribution in [0.5, 0.6) is 0 Å². The lowest BCUT2D eigenvalue weighted by atomic mass is 9.87. The quantitative estimate of drug-likeness (QED) is 0.773. The van der Waals surface area contributed by atoms with E-state index in [0.29, 0.717) is 25.8 Å². The van der Waals surface area contributed by atoms with Crippen molar-refractivity contribution in [3.63, 3.8) is 0 Å². The number of hydrogen-bond acceptors (Lipinski definition) is 4. The molecule has 3 heterocycles. The molecular formula is C18H30N4O3. The van der Waals surface area contributed by atoms with E-state index in [1.807, 2.05) is 6.92 Å². The van der Waals surface area contributed by atoms with Crippen molar-refractivity contribution in [2.24, 2.45) is 0 Å². The van der Waals surface area contributed by atoms with Crippen LogP contribution in [0.1, 0.15) is 52.4 Å². The molecule has 1 atom stereocenters. The van der Waals surface area contributed by atoms with E-state index >= 15 is 0 Å². The second-order valence-electron chi connectivity index (χ2n) is 7.52. The van der Waals surface area contributed by atoms with Crippen LogP contribution in [0.25, 0.3) is 0 Å². The zero-order valence-corrected chi connectivity index (χ0v) is 15.4. The highest BCUT2D eigenvalue weighted by molar-refractivity contribution is 6.07. The number of piperidine rings is 2. The number of nitrogens with zero attached hydrogens (tertiary/aromatic N) is 3. The Morgan fingerprint density at radius 1 is 1.20 bits per heavy atom. The summed E-state index contributed by atoms with van der Waals surface area (Å²) in [5, 5.41) is 2.99. The van der Waals surface area contributed by atoms with Crippen molar-refractivity contribution in [2.75, 3.05) is 32.7 Å². The Hall–Kier alpha value is -1.63. The van der Waals surface area contributed by atoms with Crippen LogP contribution in [0.4, 0.5) is 4.79 Å². The van der Waals surface area contributed by atoms with E-state index in [9.17, 15) is 14.4 Å². The number of hydrogen-bond donors (Lipinski definition) is 1. The first kappa shape index (κ1) is 18.2. The van der Waals surface area contributed by atoms with Gasteiger partial charge >= 0.3 is 6.03 Å². The summed E-state index contributed by atoms with van der Waals surface area (Å²) in [5.41, 5.74) is -0.724. The van der Waals surface area contributed by atoms with Crippen molar-refractivity contribution >= 4 is 17.8 Å². The van der Waals surface area contributed by atoms with Crippen LogP contribution in [0.3, 0.4) is 0 Å². The number of amides is 4. The Bertz CT molecular complexity index is 542. The van der Waals surface area contributed by atoms with Crippen LogP contribution >= 0.6 is 0 Å². The van der Waals surface area contributed by atoms with Crippen molar-refractivity contribution in [2.45, 2.75) is 64.0 Å². The van der Waals surface area contributed by atoms with Crippen LogP contribution in [-0.2, 0) is 9.59 Å².